The van der Waals surface area contributed by atoms with Gasteiger partial charge < -0.3 is 9.84 Å². The van der Waals surface area contributed by atoms with Crippen LogP contribution in [0.2, 0.25) is 5.02 Å². The quantitative estimate of drug-likeness (QED) is 0.488. The summed E-state index contributed by atoms with van der Waals surface area (Å²) in [5, 5.41) is 14.7. The summed E-state index contributed by atoms with van der Waals surface area (Å²) in [4.78, 5) is 4.97. The number of phenols is 1. The maximum absolute atomic E-state index is 10.5. The van der Waals surface area contributed by atoms with Gasteiger partial charge in [0.15, 0.2) is 0 Å². The first-order valence-corrected chi connectivity index (χ1v) is 10.4. The minimum atomic E-state index is -0.259. The number of halogens is 2. The van der Waals surface area contributed by atoms with E-state index in [-0.39, 0.29) is 18.0 Å². The number of rotatable bonds is 4. The van der Waals surface area contributed by atoms with Crippen LogP contribution in [0.25, 0.3) is 0 Å². The Morgan fingerprint density at radius 1 is 1.10 bits per heavy atom. The van der Waals surface area contributed by atoms with Crippen LogP contribution in [0.1, 0.15) is 35.3 Å². The molecule has 6 heteroatoms. The van der Waals surface area contributed by atoms with E-state index in [0.29, 0.717) is 11.4 Å². The number of benzene rings is 3. The van der Waals surface area contributed by atoms with Gasteiger partial charge in [-0.3, -0.25) is 10.3 Å². The molecule has 1 heterocycles. The van der Waals surface area contributed by atoms with Crippen molar-refractivity contribution in [2.24, 2.45) is 4.99 Å². The van der Waals surface area contributed by atoms with E-state index >= 15 is 0 Å². The fourth-order valence-corrected chi connectivity index (χ4v) is 4.01. The van der Waals surface area contributed by atoms with E-state index in [2.05, 4.69) is 21.2 Å². The predicted molar refractivity (Wildman–Crippen MR) is 120 cm³/mol. The van der Waals surface area contributed by atoms with E-state index in [4.69, 9.17) is 21.3 Å². The summed E-state index contributed by atoms with van der Waals surface area (Å²) >= 11 is 9.57. The second-order valence-corrected chi connectivity index (χ2v) is 8.24. The van der Waals surface area contributed by atoms with E-state index in [1.165, 1.54) is 0 Å². The average molecular weight is 472 g/mol. The third-order valence-corrected chi connectivity index (χ3v) is 5.74. The summed E-state index contributed by atoms with van der Waals surface area (Å²) in [6.45, 7) is 0. The van der Waals surface area contributed by atoms with Gasteiger partial charge in [-0.05, 0) is 53.6 Å². The lowest BCUT2D eigenvalue weighted by atomic mass is 9.93. The van der Waals surface area contributed by atoms with E-state index < -0.39 is 0 Å². The van der Waals surface area contributed by atoms with Crippen molar-refractivity contribution in [1.29, 1.82) is 0 Å². The zero-order chi connectivity index (χ0) is 20.4. The molecule has 0 radical (unpaired) electrons. The molecule has 0 saturated heterocycles. The van der Waals surface area contributed by atoms with Crippen LogP contribution in [-0.4, -0.2) is 17.9 Å². The molecule has 29 heavy (non-hydrogen) atoms. The third kappa shape index (κ3) is 4.47. The molecule has 4 nitrogen and oxygen atoms in total. The zero-order valence-electron chi connectivity index (χ0n) is 15.8. The summed E-state index contributed by atoms with van der Waals surface area (Å²) in [6.07, 6.45) is 0.381. The highest BCUT2D eigenvalue weighted by Gasteiger charge is 2.28. The Balaban J connectivity index is 1.77. The van der Waals surface area contributed by atoms with Crippen molar-refractivity contribution >= 4 is 33.2 Å². The highest BCUT2D eigenvalue weighted by Crippen LogP contribution is 2.36. The summed E-state index contributed by atoms with van der Waals surface area (Å²) in [5.41, 5.74) is 3.79. The second-order valence-electron chi connectivity index (χ2n) is 6.89. The molecule has 148 valence electrons. The molecule has 2 N–H and O–H groups in total. The Bertz CT molecular complexity index is 1050. The molecule has 2 atom stereocenters. The zero-order valence-corrected chi connectivity index (χ0v) is 18.1. The molecule has 0 spiro atoms. The van der Waals surface area contributed by atoms with Crippen molar-refractivity contribution in [2.45, 2.75) is 18.6 Å². The number of nitrogens with one attached hydrogen (secondary N) is 1. The molecule has 3 aromatic carbocycles. The van der Waals surface area contributed by atoms with Crippen molar-refractivity contribution in [2.75, 3.05) is 7.11 Å². The normalized spacial score (nSPS) is 18.9. The Hall–Kier alpha value is -2.34. The van der Waals surface area contributed by atoms with Gasteiger partial charge in [-0.2, -0.15) is 0 Å². The molecule has 1 aliphatic heterocycles. The molecular formula is C23H20BrClN2O2. The Labute approximate surface area is 183 Å². The highest BCUT2D eigenvalue weighted by atomic mass is 79.9. The molecule has 4 rings (SSSR count). The van der Waals surface area contributed by atoms with Gasteiger partial charge in [0.25, 0.3) is 0 Å². The number of aromatic hydroxyl groups is 1. The van der Waals surface area contributed by atoms with Gasteiger partial charge in [-0.1, -0.05) is 51.8 Å². The number of nitrogens with zero attached hydrogens (tertiary/aromatic N) is 1. The molecule has 0 amide bonds. The van der Waals surface area contributed by atoms with E-state index in [1.54, 1.807) is 13.2 Å². The molecule has 1 aliphatic rings. The van der Waals surface area contributed by atoms with Crippen LogP contribution in [-0.2, 0) is 0 Å². The van der Waals surface area contributed by atoms with Crippen LogP contribution in [0.15, 0.2) is 76.2 Å². The topological polar surface area (TPSA) is 53.8 Å². The first-order valence-electron chi connectivity index (χ1n) is 9.24. The minimum absolute atomic E-state index is 0.105. The molecule has 0 unspecified atom stereocenters. The van der Waals surface area contributed by atoms with Crippen LogP contribution in [0, 0.1) is 0 Å². The van der Waals surface area contributed by atoms with E-state index in [1.807, 2.05) is 60.7 Å². The van der Waals surface area contributed by atoms with Gasteiger partial charge in [0.2, 0.25) is 0 Å². The first kappa shape index (κ1) is 20.0. The van der Waals surface area contributed by atoms with Crippen molar-refractivity contribution < 1.29 is 9.84 Å². The monoisotopic (exact) mass is 470 g/mol. The molecule has 3 aromatic rings. The lowest BCUT2D eigenvalue weighted by molar-refractivity contribution is 0.410. The Morgan fingerprint density at radius 2 is 1.90 bits per heavy atom. The summed E-state index contributed by atoms with van der Waals surface area (Å²) in [5.74, 6) is 1.04. The maximum Gasteiger partial charge on any atom is 0.126 e. The maximum atomic E-state index is 10.5. The van der Waals surface area contributed by atoms with E-state index in [9.17, 15) is 5.11 Å². The number of phenolic OH excluding ortho intramolecular Hbond substituents is 1. The predicted octanol–water partition coefficient (Wildman–Crippen LogP) is 6.04. The minimum Gasteiger partial charge on any atom is -0.508 e. The molecule has 0 bridgehead atoms. The molecule has 0 aliphatic carbocycles. The number of hydrogen-bond acceptors (Lipinski definition) is 4. The third-order valence-electron chi connectivity index (χ3n) is 5.00. The van der Waals surface area contributed by atoms with Gasteiger partial charge in [0.05, 0.1) is 7.11 Å². The smallest absolute Gasteiger partial charge is 0.126 e. The van der Waals surface area contributed by atoms with Gasteiger partial charge in [-0.25, -0.2) is 0 Å². The Kier molecular flexibility index (Phi) is 5.90. The molecule has 0 aromatic heterocycles. The van der Waals surface area contributed by atoms with Crippen LogP contribution < -0.4 is 10.1 Å². The number of aliphatic imine (C=N–C) groups is 1. The number of ether oxygens (including phenoxy) is 1. The summed E-state index contributed by atoms with van der Waals surface area (Å²) in [6, 6.07) is 20.9. The van der Waals surface area contributed by atoms with Crippen molar-refractivity contribution in [3.63, 3.8) is 0 Å². The van der Waals surface area contributed by atoms with Gasteiger partial charge in [-0.15, -0.1) is 0 Å². The lowest BCUT2D eigenvalue weighted by Gasteiger charge is -2.31. The standard InChI is InChI=1S/C23H20BrClN2O2/c1-29-18-4-2-3-15(11-18)20-13-21(19-12-16(24)7-10-22(19)28)27-23(26-20)14-5-8-17(25)9-6-14/h2-12,21,23,27-28H,13H2,1H3/t21-,23-/m0/s1. The largest absolute Gasteiger partial charge is 0.508 e. The van der Waals surface area contributed by atoms with Crippen LogP contribution in [0.4, 0.5) is 0 Å². The molecular weight excluding hydrogens is 452 g/mol. The van der Waals surface area contributed by atoms with Crippen molar-refractivity contribution in [3.05, 3.63) is 92.9 Å². The molecule has 0 saturated carbocycles. The number of hydrogen-bond donors (Lipinski definition) is 2. The van der Waals surface area contributed by atoms with Crippen molar-refractivity contribution in [3.8, 4) is 11.5 Å². The van der Waals surface area contributed by atoms with Gasteiger partial charge >= 0.3 is 0 Å². The van der Waals surface area contributed by atoms with Crippen LogP contribution in [0.3, 0.4) is 0 Å². The van der Waals surface area contributed by atoms with E-state index in [0.717, 1.165) is 32.6 Å². The fourth-order valence-electron chi connectivity index (χ4n) is 3.50. The van der Waals surface area contributed by atoms with Crippen LogP contribution >= 0.6 is 27.5 Å². The van der Waals surface area contributed by atoms with Gasteiger partial charge in [0.1, 0.15) is 17.7 Å². The Morgan fingerprint density at radius 3 is 2.66 bits per heavy atom. The summed E-state index contributed by atoms with van der Waals surface area (Å²) in [7, 11) is 1.65. The highest BCUT2D eigenvalue weighted by molar-refractivity contribution is 9.10. The fraction of sp³-hybridized carbons (Fsp3) is 0.174. The SMILES string of the molecule is COc1cccc(C2=N[C@H](c3ccc(Cl)cc3)N[C@H](c3cc(Br)ccc3O)C2)c1. The summed E-state index contributed by atoms with van der Waals surface area (Å²) < 4.78 is 6.30. The first-order chi connectivity index (χ1) is 14.0. The number of methoxy groups -OCH3 is 1. The average Bonchev–Trinajstić information content (AvgIpc) is 2.75. The van der Waals surface area contributed by atoms with Crippen LogP contribution in [0.5, 0.6) is 11.5 Å². The lowest BCUT2D eigenvalue weighted by Crippen LogP contribution is -2.33. The second kappa shape index (κ2) is 8.57. The van der Waals surface area contributed by atoms with Crippen molar-refractivity contribution in [1.82, 2.24) is 5.32 Å². The molecule has 0 fully saturated rings. The van der Waals surface area contributed by atoms with Gasteiger partial charge in [0, 0.05) is 33.2 Å².